The van der Waals surface area contributed by atoms with Crippen LogP contribution in [-0.2, 0) is 5.41 Å². The molecule has 0 amide bonds. The Hall–Kier alpha value is -2.55. The van der Waals surface area contributed by atoms with Crippen LogP contribution < -0.4 is 4.74 Å². The Labute approximate surface area is 122 Å². The monoisotopic (exact) mass is 284 g/mol. The van der Waals surface area contributed by atoms with E-state index in [2.05, 4.69) is 37.0 Å². The molecule has 2 N–H and O–H groups in total. The van der Waals surface area contributed by atoms with Crippen LogP contribution in [0.2, 0.25) is 0 Å². The zero-order valence-electron chi connectivity index (χ0n) is 12.1. The standard InChI is InChI=1S/C15H16N4O2/c1-15(2,3)12-11-10(9-5-4-6-20-9)8(7-16)13(17)21-14(11)19-18-12/h4-6,8,10,17H,1-3H3,(H,18,19). The van der Waals surface area contributed by atoms with Crippen LogP contribution in [0.5, 0.6) is 5.88 Å². The van der Waals surface area contributed by atoms with E-state index in [9.17, 15) is 5.26 Å². The van der Waals surface area contributed by atoms with Gasteiger partial charge in [-0.3, -0.25) is 10.5 Å². The van der Waals surface area contributed by atoms with Gasteiger partial charge in [0.25, 0.3) is 0 Å². The van der Waals surface area contributed by atoms with Gasteiger partial charge in [-0.25, -0.2) is 0 Å². The Morgan fingerprint density at radius 3 is 2.76 bits per heavy atom. The molecule has 1 aliphatic rings. The summed E-state index contributed by atoms with van der Waals surface area (Å²) in [7, 11) is 0. The van der Waals surface area contributed by atoms with Gasteiger partial charge in [-0.15, -0.1) is 5.10 Å². The number of hydrogen-bond acceptors (Lipinski definition) is 5. The van der Waals surface area contributed by atoms with E-state index in [-0.39, 0.29) is 17.2 Å². The first-order valence-corrected chi connectivity index (χ1v) is 6.71. The van der Waals surface area contributed by atoms with Gasteiger partial charge in [-0.05, 0) is 12.1 Å². The Bertz CT molecular complexity index is 716. The predicted molar refractivity (Wildman–Crippen MR) is 75.3 cm³/mol. The van der Waals surface area contributed by atoms with Crippen molar-refractivity contribution in [1.29, 1.82) is 10.7 Å². The van der Waals surface area contributed by atoms with Crippen LogP contribution in [0, 0.1) is 22.7 Å². The molecular formula is C15H16N4O2. The molecule has 2 aromatic heterocycles. The molecule has 6 nitrogen and oxygen atoms in total. The van der Waals surface area contributed by atoms with E-state index in [1.165, 1.54) is 0 Å². The number of nitrogens with zero attached hydrogens (tertiary/aromatic N) is 2. The summed E-state index contributed by atoms with van der Waals surface area (Å²) in [6.07, 6.45) is 1.57. The molecule has 0 saturated heterocycles. The fraction of sp³-hybridized carbons (Fsp3) is 0.400. The predicted octanol–water partition coefficient (Wildman–Crippen LogP) is 2.94. The van der Waals surface area contributed by atoms with Gasteiger partial charge < -0.3 is 9.15 Å². The van der Waals surface area contributed by atoms with Crippen molar-refractivity contribution in [3.63, 3.8) is 0 Å². The number of nitrogens with one attached hydrogen (secondary N) is 2. The Morgan fingerprint density at radius 2 is 2.19 bits per heavy atom. The number of H-pyrrole nitrogens is 1. The minimum Gasteiger partial charge on any atom is -0.469 e. The lowest BCUT2D eigenvalue weighted by Gasteiger charge is -2.28. The number of furan rings is 1. The van der Waals surface area contributed by atoms with Crippen LogP contribution in [0.25, 0.3) is 0 Å². The van der Waals surface area contributed by atoms with Gasteiger partial charge in [0.1, 0.15) is 11.7 Å². The second-order valence-corrected chi connectivity index (χ2v) is 6.13. The zero-order chi connectivity index (χ0) is 15.2. The quantitative estimate of drug-likeness (QED) is 0.841. The van der Waals surface area contributed by atoms with E-state index < -0.39 is 5.92 Å². The number of rotatable bonds is 1. The van der Waals surface area contributed by atoms with E-state index in [4.69, 9.17) is 14.6 Å². The molecule has 0 radical (unpaired) electrons. The Kier molecular flexibility index (Phi) is 2.87. The lowest BCUT2D eigenvalue weighted by molar-refractivity contribution is 0.395. The molecule has 2 atom stereocenters. The second-order valence-electron chi connectivity index (χ2n) is 6.13. The van der Waals surface area contributed by atoms with Crippen molar-refractivity contribution in [1.82, 2.24) is 10.2 Å². The maximum Gasteiger partial charge on any atom is 0.243 e. The summed E-state index contributed by atoms with van der Waals surface area (Å²) in [5, 5.41) is 24.5. The average molecular weight is 284 g/mol. The molecule has 108 valence electrons. The van der Waals surface area contributed by atoms with E-state index in [0.29, 0.717) is 11.6 Å². The molecule has 0 saturated carbocycles. The SMILES string of the molecule is CC(C)(C)c1[nH]nc2c1C(c1ccco1)C(C#N)C(=N)O2. The Balaban J connectivity index is 2.24. The minimum atomic E-state index is -0.720. The van der Waals surface area contributed by atoms with Crippen LogP contribution in [0.1, 0.15) is 43.7 Å². The number of nitriles is 1. The minimum absolute atomic E-state index is 0.0987. The summed E-state index contributed by atoms with van der Waals surface area (Å²) in [5.74, 6) is -0.199. The highest BCUT2D eigenvalue weighted by molar-refractivity contribution is 5.84. The summed E-state index contributed by atoms with van der Waals surface area (Å²) in [6, 6.07) is 5.74. The lowest BCUT2D eigenvalue weighted by atomic mass is 9.78. The van der Waals surface area contributed by atoms with Crippen LogP contribution >= 0.6 is 0 Å². The summed E-state index contributed by atoms with van der Waals surface area (Å²) >= 11 is 0. The molecule has 6 heteroatoms. The second kappa shape index (κ2) is 4.48. The largest absolute Gasteiger partial charge is 0.469 e. The molecule has 3 rings (SSSR count). The van der Waals surface area contributed by atoms with E-state index >= 15 is 0 Å². The molecule has 2 unspecified atom stereocenters. The van der Waals surface area contributed by atoms with Gasteiger partial charge >= 0.3 is 0 Å². The highest BCUT2D eigenvalue weighted by Crippen LogP contribution is 2.45. The summed E-state index contributed by atoms with van der Waals surface area (Å²) in [6.45, 7) is 6.17. The van der Waals surface area contributed by atoms with Gasteiger partial charge in [0.05, 0.1) is 23.8 Å². The molecule has 0 aliphatic carbocycles. The first-order chi connectivity index (χ1) is 9.93. The molecule has 0 fully saturated rings. The molecule has 0 aromatic carbocycles. The molecule has 3 heterocycles. The third-order valence-corrected chi connectivity index (χ3v) is 3.64. The van der Waals surface area contributed by atoms with Gasteiger partial charge in [-0.2, -0.15) is 5.26 Å². The zero-order valence-corrected chi connectivity index (χ0v) is 12.1. The molecule has 0 bridgehead atoms. The fourth-order valence-electron chi connectivity index (χ4n) is 2.67. The number of ether oxygens (including phenoxy) is 1. The van der Waals surface area contributed by atoms with Crippen molar-refractivity contribution < 1.29 is 9.15 Å². The third kappa shape index (κ3) is 2.02. The molecule has 1 aliphatic heterocycles. The normalized spacial score (nSPS) is 21.5. The van der Waals surface area contributed by atoms with Gasteiger partial charge in [0.15, 0.2) is 0 Å². The number of fused-ring (bicyclic) bond motifs is 1. The summed E-state index contributed by atoms with van der Waals surface area (Å²) < 4.78 is 10.9. The van der Waals surface area contributed by atoms with Gasteiger partial charge in [0.2, 0.25) is 11.8 Å². The topological polar surface area (TPSA) is 98.7 Å². The average Bonchev–Trinajstić information content (AvgIpc) is 3.04. The van der Waals surface area contributed by atoms with Gasteiger partial charge in [-0.1, -0.05) is 20.8 Å². The lowest BCUT2D eigenvalue weighted by Crippen LogP contribution is -2.32. The molecular weight excluding hydrogens is 268 g/mol. The third-order valence-electron chi connectivity index (χ3n) is 3.64. The van der Waals surface area contributed by atoms with Crippen molar-refractivity contribution in [2.45, 2.75) is 32.1 Å². The summed E-state index contributed by atoms with van der Waals surface area (Å²) in [4.78, 5) is 0. The van der Waals surface area contributed by atoms with Crippen molar-refractivity contribution in [2.75, 3.05) is 0 Å². The van der Waals surface area contributed by atoms with Crippen molar-refractivity contribution in [3.8, 4) is 11.9 Å². The van der Waals surface area contributed by atoms with Crippen LogP contribution in [0.4, 0.5) is 0 Å². The molecule has 2 aromatic rings. The Morgan fingerprint density at radius 1 is 1.43 bits per heavy atom. The van der Waals surface area contributed by atoms with E-state index in [0.717, 1.165) is 11.3 Å². The highest BCUT2D eigenvalue weighted by atomic mass is 16.5. The molecule has 21 heavy (non-hydrogen) atoms. The number of hydrogen-bond donors (Lipinski definition) is 2. The van der Waals surface area contributed by atoms with Gasteiger partial charge in [0, 0.05) is 11.1 Å². The van der Waals surface area contributed by atoms with Crippen LogP contribution in [0.15, 0.2) is 22.8 Å². The smallest absolute Gasteiger partial charge is 0.243 e. The van der Waals surface area contributed by atoms with Crippen molar-refractivity contribution >= 4 is 5.90 Å². The first-order valence-electron chi connectivity index (χ1n) is 6.71. The van der Waals surface area contributed by atoms with Crippen LogP contribution in [0.3, 0.4) is 0 Å². The first kappa shape index (κ1) is 13.4. The van der Waals surface area contributed by atoms with E-state index in [1.807, 2.05) is 6.07 Å². The fourth-order valence-corrected chi connectivity index (χ4v) is 2.67. The van der Waals surface area contributed by atoms with Crippen molar-refractivity contribution in [2.24, 2.45) is 5.92 Å². The van der Waals surface area contributed by atoms with Crippen molar-refractivity contribution in [3.05, 3.63) is 35.4 Å². The summed E-state index contributed by atoms with van der Waals surface area (Å²) in [5.41, 5.74) is 1.51. The van der Waals surface area contributed by atoms with E-state index in [1.54, 1.807) is 12.3 Å². The maximum absolute atomic E-state index is 9.44. The number of aromatic nitrogens is 2. The highest BCUT2D eigenvalue weighted by Gasteiger charge is 2.43. The number of aromatic amines is 1. The van der Waals surface area contributed by atoms with Crippen LogP contribution in [-0.4, -0.2) is 16.1 Å². The molecule has 0 spiro atoms. The maximum atomic E-state index is 9.44.